The summed E-state index contributed by atoms with van der Waals surface area (Å²) in [5.74, 6) is -0.381. The van der Waals surface area contributed by atoms with Crippen LogP contribution in [0.15, 0.2) is 110 Å². The van der Waals surface area contributed by atoms with E-state index in [1.165, 1.54) is 12.3 Å². The third-order valence-corrected chi connectivity index (χ3v) is 5.34. The van der Waals surface area contributed by atoms with Crippen LogP contribution in [0, 0.1) is 12.7 Å². The van der Waals surface area contributed by atoms with Gasteiger partial charge < -0.3 is 5.32 Å². The number of halogens is 4. The fourth-order valence-corrected chi connectivity index (χ4v) is 3.22. The molecule has 0 atom stereocenters. The number of rotatable bonds is 5. The lowest BCUT2D eigenvalue weighted by atomic mass is 10.0. The van der Waals surface area contributed by atoms with Crippen LogP contribution in [0.5, 0.6) is 0 Å². The van der Waals surface area contributed by atoms with E-state index in [0.717, 1.165) is 24.1 Å². The van der Waals surface area contributed by atoms with Crippen LogP contribution in [-0.2, 0) is 0 Å². The number of amides is 1. The average molecular weight is 550 g/mol. The first-order valence-electron chi connectivity index (χ1n) is 12.5. The molecule has 0 bridgehead atoms. The van der Waals surface area contributed by atoms with Crippen LogP contribution in [0.25, 0.3) is 16.7 Å². The van der Waals surface area contributed by atoms with Gasteiger partial charge in [-0.05, 0) is 66.5 Å². The molecule has 4 nitrogen and oxygen atoms in total. The van der Waals surface area contributed by atoms with Gasteiger partial charge in [0, 0.05) is 35.3 Å². The van der Waals surface area contributed by atoms with Crippen molar-refractivity contribution in [3.63, 3.8) is 0 Å². The van der Waals surface area contributed by atoms with Crippen LogP contribution in [0.3, 0.4) is 0 Å². The number of carbonyl (C=O) groups excluding carboxylic acids is 1. The fourth-order valence-electron chi connectivity index (χ4n) is 3.22. The Bertz CT molecular complexity index is 1420. The molecule has 0 fully saturated rings. The van der Waals surface area contributed by atoms with Crippen molar-refractivity contribution in [2.24, 2.45) is 0 Å². The van der Waals surface area contributed by atoms with E-state index in [0.29, 0.717) is 22.5 Å². The van der Waals surface area contributed by atoms with E-state index in [1.54, 1.807) is 42.7 Å². The highest BCUT2D eigenvalue weighted by atomic mass is 19.4. The molecule has 2 aromatic carbocycles. The highest BCUT2D eigenvalue weighted by Crippen LogP contribution is 2.27. The molecule has 2 aromatic heterocycles. The number of aromatic nitrogens is 2. The summed E-state index contributed by atoms with van der Waals surface area (Å²) >= 11 is 0. The van der Waals surface area contributed by atoms with Gasteiger partial charge in [0.1, 0.15) is 11.6 Å². The number of carbonyl (C=O) groups is 1. The molecule has 0 aliphatic rings. The van der Waals surface area contributed by atoms with Gasteiger partial charge in [0.05, 0.1) is 0 Å². The minimum atomic E-state index is -4.30. The summed E-state index contributed by atoms with van der Waals surface area (Å²) in [6, 6.07) is 20.6. The molecule has 1 amide bonds. The van der Waals surface area contributed by atoms with Crippen LogP contribution in [-0.4, -0.2) is 22.1 Å². The second kappa shape index (κ2) is 15.1. The molecule has 0 radical (unpaired) electrons. The molecular weight excluding hydrogens is 518 g/mol. The summed E-state index contributed by atoms with van der Waals surface area (Å²) in [7, 11) is 0. The summed E-state index contributed by atoms with van der Waals surface area (Å²) in [5, 5.41) is 2.66. The molecule has 0 unspecified atom stereocenters. The number of anilines is 1. The van der Waals surface area contributed by atoms with Gasteiger partial charge in [-0.3, -0.25) is 9.78 Å². The van der Waals surface area contributed by atoms with Crippen LogP contribution in [0.1, 0.15) is 42.3 Å². The molecule has 4 rings (SSSR count). The number of hydrogen-bond donors (Lipinski definition) is 1. The van der Waals surface area contributed by atoms with Crippen molar-refractivity contribution in [2.75, 3.05) is 5.32 Å². The topological polar surface area (TPSA) is 54.9 Å². The van der Waals surface area contributed by atoms with Crippen LogP contribution in [0.4, 0.5) is 23.4 Å². The first kappa shape index (κ1) is 31.6. The van der Waals surface area contributed by atoms with Crippen LogP contribution >= 0.6 is 0 Å². The number of nitrogens with one attached hydrogen (secondary N) is 1. The van der Waals surface area contributed by atoms with Gasteiger partial charge in [-0.15, -0.1) is 0 Å². The zero-order valence-electron chi connectivity index (χ0n) is 22.8. The van der Waals surface area contributed by atoms with E-state index in [-0.39, 0.29) is 11.5 Å². The number of allylic oxidation sites excluding steroid dienone is 3. The summed E-state index contributed by atoms with van der Waals surface area (Å²) in [5.41, 5.74) is 2.72. The normalized spacial score (nSPS) is 10.8. The zero-order chi connectivity index (χ0) is 29.7. The minimum absolute atomic E-state index is 0.254. The van der Waals surface area contributed by atoms with Crippen molar-refractivity contribution >= 4 is 17.3 Å². The van der Waals surface area contributed by atoms with Crippen molar-refractivity contribution in [1.29, 1.82) is 0 Å². The lowest BCUT2D eigenvalue weighted by Crippen LogP contribution is -2.13. The van der Waals surface area contributed by atoms with E-state index in [4.69, 9.17) is 0 Å². The highest BCUT2D eigenvalue weighted by molar-refractivity contribution is 6.04. The molecule has 1 N–H and O–H groups in total. The summed E-state index contributed by atoms with van der Waals surface area (Å²) in [6.45, 7) is 10.5. The Morgan fingerprint density at radius 2 is 1.62 bits per heavy atom. The third kappa shape index (κ3) is 9.62. The molecule has 0 saturated carbocycles. The standard InChI is InChI=1S/C19H15FN2O.C11H10F3N.C2H6/c1-13-7-10-18(21-12-13)22-19(23)15-8-9-16(17(20)11-15)14-5-3-2-4-6-14;1-8(6-9(2)11(12,13)14)10-4-3-5-15-7-10;1-2/h2-12H,1H3,(H,21,22,23);3-7H,1H2,2H3;1-2H3/b;9-6+;. The maximum atomic E-state index is 14.3. The van der Waals surface area contributed by atoms with Crippen molar-refractivity contribution in [3.8, 4) is 11.1 Å². The number of benzene rings is 2. The number of aryl methyl sites for hydroxylation is 1. The largest absolute Gasteiger partial charge is 0.412 e. The smallest absolute Gasteiger partial charge is 0.307 e. The molecule has 208 valence electrons. The SMILES string of the molecule is C=C(/C=C(\C)C(F)(F)F)c1cccnc1.CC.Cc1ccc(NC(=O)c2ccc(-c3ccccc3)c(F)c2)nc1. The molecule has 0 spiro atoms. The molecule has 2 heterocycles. The first-order chi connectivity index (χ1) is 19.0. The molecular formula is C32H31F4N3O. The van der Waals surface area contributed by atoms with Gasteiger partial charge in [0.25, 0.3) is 5.91 Å². The Morgan fingerprint density at radius 1 is 0.925 bits per heavy atom. The molecule has 8 heteroatoms. The third-order valence-electron chi connectivity index (χ3n) is 5.34. The minimum Gasteiger partial charge on any atom is -0.307 e. The Hall–Kier alpha value is -4.59. The Kier molecular flexibility index (Phi) is 12.0. The number of nitrogens with zero attached hydrogens (tertiary/aromatic N) is 2. The maximum absolute atomic E-state index is 14.3. The second-order valence-electron chi connectivity index (χ2n) is 8.33. The first-order valence-corrected chi connectivity index (χ1v) is 12.5. The lowest BCUT2D eigenvalue weighted by Gasteiger charge is -2.07. The van der Waals surface area contributed by atoms with E-state index in [1.807, 2.05) is 57.2 Å². The van der Waals surface area contributed by atoms with Gasteiger partial charge in [-0.1, -0.05) is 69.0 Å². The van der Waals surface area contributed by atoms with Crippen LogP contribution in [0.2, 0.25) is 0 Å². The average Bonchev–Trinajstić information content (AvgIpc) is 2.96. The summed E-state index contributed by atoms with van der Waals surface area (Å²) in [4.78, 5) is 20.1. The van der Waals surface area contributed by atoms with Crippen molar-refractivity contribution in [3.05, 3.63) is 132 Å². The van der Waals surface area contributed by atoms with Crippen molar-refractivity contribution in [2.45, 2.75) is 33.9 Å². The zero-order valence-corrected chi connectivity index (χ0v) is 22.8. The van der Waals surface area contributed by atoms with Crippen molar-refractivity contribution in [1.82, 2.24) is 9.97 Å². The second-order valence-corrected chi connectivity index (χ2v) is 8.33. The number of pyridine rings is 2. The maximum Gasteiger partial charge on any atom is 0.412 e. The summed E-state index contributed by atoms with van der Waals surface area (Å²) < 4.78 is 50.9. The van der Waals surface area contributed by atoms with E-state index in [2.05, 4.69) is 21.9 Å². The van der Waals surface area contributed by atoms with Crippen LogP contribution < -0.4 is 5.32 Å². The van der Waals surface area contributed by atoms with E-state index < -0.39 is 17.6 Å². The van der Waals surface area contributed by atoms with Gasteiger partial charge >= 0.3 is 6.18 Å². The predicted octanol–water partition coefficient (Wildman–Crippen LogP) is 9.08. The number of hydrogen-bond acceptors (Lipinski definition) is 3. The van der Waals surface area contributed by atoms with Gasteiger partial charge in [-0.25, -0.2) is 9.37 Å². The number of alkyl halides is 3. The monoisotopic (exact) mass is 549 g/mol. The highest BCUT2D eigenvalue weighted by Gasteiger charge is 2.29. The quantitative estimate of drug-likeness (QED) is 0.200. The van der Waals surface area contributed by atoms with E-state index in [9.17, 15) is 22.4 Å². The van der Waals surface area contributed by atoms with Gasteiger partial charge in [-0.2, -0.15) is 13.2 Å². The Labute approximate surface area is 232 Å². The van der Waals surface area contributed by atoms with E-state index >= 15 is 0 Å². The van der Waals surface area contributed by atoms with Gasteiger partial charge in [0.15, 0.2) is 0 Å². The lowest BCUT2D eigenvalue weighted by molar-refractivity contribution is -0.0912. The molecule has 40 heavy (non-hydrogen) atoms. The van der Waals surface area contributed by atoms with Gasteiger partial charge in [0.2, 0.25) is 0 Å². The molecule has 0 aliphatic carbocycles. The molecule has 0 saturated heterocycles. The molecule has 0 aliphatic heterocycles. The Balaban J connectivity index is 0.000000287. The Morgan fingerprint density at radius 3 is 2.17 bits per heavy atom. The van der Waals surface area contributed by atoms with Crippen molar-refractivity contribution < 1.29 is 22.4 Å². The predicted molar refractivity (Wildman–Crippen MR) is 153 cm³/mol. The summed E-state index contributed by atoms with van der Waals surface area (Å²) in [6.07, 6.45) is 1.40. The molecule has 4 aromatic rings. The fraction of sp³-hybridized carbons (Fsp3) is 0.156.